The molecule has 0 radical (unpaired) electrons. The molecule has 0 aliphatic rings. The molecule has 0 fully saturated rings. The summed E-state index contributed by atoms with van der Waals surface area (Å²) in [6, 6.07) is 23.0. The molecule has 218 valence electrons. The van der Waals surface area contributed by atoms with E-state index in [9.17, 15) is 25.0 Å². The summed E-state index contributed by atoms with van der Waals surface area (Å²) in [5.74, 6) is -0.965. The maximum absolute atomic E-state index is 12.7. The fraction of sp³-hybridized carbons (Fsp3) is 0.0323. The number of amides is 2. The minimum absolute atomic E-state index is 0.207. The Morgan fingerprint density at radius 1 is 1.00 bits per heavy atom. The van der Waals surface area contributed by atoms with E-state index >= 15 is 0 Å². The number of carbonyl (C=O) groups is 2. The monoisotopic (exact) mass is 659 g/mol. The number of thiazole rings is 1. The van der Waals surface area contributed by atoms with Crippen LogP contribution in [-0.2, 0) is 4.79 Å². The molecule has 0 saturated heterocycles. The highest BCUT2D eigenvalue weighted by molar-refractivity contribution is 8.01. The first-order chi connectivity index (χ1) is 21.1. The van der Waals surface area contributed by atoms with E-state index in [2.05, 4.69) is 15.6 Å². The molecule has 5 aromatic rings. The Balaban J connectivity index is 1.34. The first kappa shape index (κ1) is 30.7. The number of nitro benzene ring substituents is 1. The second kappa shape index (κ2) is 13.3. The van der Waals surface area contributed by atoms with E-state index in [0.717, 1.165) is 22.0 Å². The van der Waals surface area contributed by atoms with Gasteiger partial charge in [-0.1, -0.05) is 47.1 Å². The van der Waals surface area contributed by atoms with E-state index in [1.165, 1.54) is 23.5 Å². The van der Waals surface area contributed by atoms with Gasteiger partial charge in [-0.25, -0.2) is 4.98 Å². The van der Waals surface area contributed by atoms with E-state index in [1.54, 1.807) is 72.8 Å². The van der Waals surface area contributed by atoms with Crippen molar-refractivity contribution in [1.82, 2.24) is 4.98 Å². The van der Waals surface area contributed by atoms with Gasteiger partial charge >= 0.3 is 0 Å². The Morgan fingerprint density at radius 3 is 2.43 bits per heavy atom. The Morgan fingerprint density at radius 2 is 1.73 bits per heavy atom. The molecule has 0 atom stereocenters. The van der Waals surface area contributed by atoms with E-state index in [-0.39, 0.29) is 17.2 Å². The minimum Gasteiger partial charge on any atom is -0.322 e. The van der Waals surface area contributed by atoms with E-state index in [1.807, 2.05) is 13.0 Å². The van der Waals surface area contributed by atoms with Crippen LogP contribution < -0.4 is 10.6 Å². The number of nitrogens with zero attached hydrogens (tertiary/aromatic N) is 3. The minimum atomic E-state index is -0.674. The van der Waals surface area contributed by atoms with E-state index in [4.69, 9.17) is 23.2 Å². The number of halogens is 2. The first-order valence-corrected chi connectivity index (χ1v) is 15.1. The summed E-state index contributed by atoms with van der Waals surface area (Å²) in [6.07, 6.45) is 1.28. The molecular weight excluding hydrogens is 641 g/mol. The lowest BCUT2D eigenvalue weighted by Crippen LogP contribution is -2.13. The molecule has 1 heterocycles. The third-order valence-corrected chi connectivity index (χ3v) is 9.02. The molecule has 5 rings (SSSR count). The second-order valence-electron chi connectivity index (χ2n) is 9.30. The highest BCUT2D eigenvalue weighted by Crippen LogP contribution is 2.40. The number of anilines is 2. The fourth-order valence-electron chi connectivity index (χ4n) is 3.96. The summed E-state index contributed by atoms with van der Waals surface area (Å²) in [5.41, 5.74) is 2.81. The standard InChI is InChI=1S/C31H19Cl2N5O4S2/c1-17-2-8-22(14-24(17)33)35-30(40)20(16-34)12-18-3-11-27(26(13-18)38(41)42)43-31-37-25-10-9-23(15-28(25)44-31)36-29(39)19-4-6-21(32)7-5-19/h2-15H,1H3,(H,35,40)(H,36,39)/b20-12+. The molecule has 9 nitrogen and oxygen atoms in total. The number of nitrogens with one attached hydrogen (secondary N) is 2. The Hall–Kier alpha value is -4.73. The number of hydrogen-bond acceptors (Lipinski definition) is 8. The smallest absolute Gasteiger partial charge is 0.283 e. The van der Waals surface area contributed by atoms with Gasteiger partial charge in [-0.2, -0.15) is 5.26 Å². The van der Waals surface area contributed by atoms with Crippen LogP contribution in [-0.4, -0.2) is 21.7 Å². The van der Waals surface area contributed by atoms with Gasteiger partial charge in [-0.15, -0.1) is 11.3 Å². The zero-order chi connectivity index (χ0) is 31.4. The number of carbonyl (C=O) groups excluding carboxylic acids is 2. The summed E-state index contributed by atoms with van der Waals surface area (Å²) in [7, 11) is 0. The predicted octanol–water partition coefficient (Wildman–Crippen LogP) is 8.77. The van der Waals surface area contributed by atoms with Crippen molar-refractivity contribution in [3.8, 4) is 6.07 Å². The number of benzene rings is 4. The summed E-state index contributed by atoms with van der Waals surface area (Å²) < 4.78 is 1.34. The average molecular weight is 661 g/mol. The average Bonchev–Trinajstić information content (AvgIpc) is 3.40. The number of nitro groups is 1. The van der Waals surface area contributed by atoms with Crippen LogP contribution in [0.2, 0.25) is 10.0 Å². The molecule has 1 aromatic heterocycles. The summed E-state index contributed by atoms with van der Waals surface area (Å²) in [6.45, 7) is 1.82. The maximum atomic E-state index is 12.7. The van der Waals surface area contributed by atoms with Gasteiger partial charge in [0.2, 0.25) is 0 Å². The van der Waals surface area contributed by atoms with Crippen LogP contribution in [0.25, 0.3) is 16.3 Å². The molecule has 0 aliphatic heterocycles. The molecule has 0 unspecified atom stereocenters. The van der Waals surface area contributed by atoms with Crippen molar-refractivity contribution in [3.05, 3.63) is 121 Å². The van der Waals surface area contributed by atoms with Crippen LogP contribution in [0.3, 0.4) is 0 Å². The predicted molar refractivity (Wildman–Crippen MR) is 175 cm³/mol. The number of nitriles is 1. The summed E-state index contributed by atoms with van der Waals surface area (Å²) >= 11 is 14.5. The lowest BCUT2D eigenvalue weighted by molar-refractivity contribution is -0.387. The van der Waals surface area contributed by atoms with Crippen LogP contribution in [0.15, 0.2) is 93.7 Å². The van der Waals surface area contributed by atoms with Gasteiger partial charge in [0.25, 0.3) is 17.5 Å². The lowest BCUT2D eigenvalue weighted by atomic mass is 10.1. The quantitative estimate of drug-likeness (QED) is 0.0734. The lowest BCUT2D eigenvalue weighted by Gasteiger charge is -2.06. The Bertz CT molecular complexity index is 2020. The largest absolute Gasteiger partial charge is 0.322 e. The molecule has 4 aromatic carbocycles. The zero-order valence-electron chi connectivity index (χ0n) is 22.6. The van der Waals surface area contributed by atoms with Gasteiger partial charge in [-0.05, 0) is 84.8 Å². The van der Waals surface area contributed by atoms with Crippen LogP contribution in [0.4, 0.5) is 17.1 Å². The summed E-state index contributed by atoms with van der Waals surface area (Å²) in [4.78, 5) is 41.6. The number of hydrogen-bond donors (Lipinski definition) is 2. The molecular formula is C31H19Cl2N5O4S2. The zero-order valence-corrected chi connectivity index (χ0v) is 25.8. The highest BCUT2D eigenvalue weighted by atomic mass is 35.5. The second-order valence-corrected chi connectivity index (χ2v) is 12.5. The van der Waals surface area contributed by atoms with Crippen molar-refractivity contribution in [2.75, 3.05) is 10.6 Å². The van der Waals surface area contributed by atoms with Gasteiger partial charge in [0.1, 0.15) is 11.6 Å². The molecule has 0 aliphatic carbocycles. The molecule has 44 heavy (non-hydrogen) atoms. The maximum Gasteiger partial charge on any atom is 0.283 e. The van der Waals surface area contributed by atoms with Crippen molar-refractivity contribution < 1.29 is 14.5 Å². The third kappa shape index (κ3) is 7.24. The van der Waals surface area contributed by atoms with E-state index in [0.29, 0.717) is 47.3 Å². The number of rotatable bonds is 8. The van der Waals surface area contributed by atoms with Gasteiger partial charge in [0.15, 0.2) is 4.34 Å². The van der Waals surface area contributed by atoms with Crippen LogP contribution in [0.5, 0.6) is 0 Å². The molecule has 0 bridgehead atoms. The Kier molecular flexibility index (Phi) is 9.27. The third-order valence-electron chi connectivity index (χ3n) is 6.22. The van der Waals surface area contributed by atoms with Crippen LogP contribution >= 0.6 is 46.3 Å². The highest BCUT2D eigenvalue weighted by Gasteiger charge is 2.19. The number of aryl methyl sites for hydroxylation is 1. The van der Waals surface area contributed by atoms with Crippen LogP contribution in [0, 0.1) is 28.4 Å². The summed E-state index contributed by atoms with van der Waals surface area (Å²) in [5, 5.41) is 28.0. The van der Waals surface area contributed by atoms with Crippen LogP contribution in [0.1, 0.15) is 21.5 Å². The molecule has 0 saturated carbocycles. The Labute approximate surface area is 269 Å². The molecule has 2 N–H and O–H groups in total. The molecule has 0 spiro atoms. The number of fused-ring (bicyclic) bond motifs is 1. The molecule has 13 heteroatoms. The first-order valence-electron chi connectivity index (χ1n) is 12.7. The van der Waals surface area contributed by atoms with Crippen molar-refractivity contribution in [2.24, 2.45) is 0 Å². The SMILES string of the molecule is Cc1ccc(NC(=O)/C(C#N)=C/c2ccc(Sc3nc4ccc(NC(=O)c5ccc(Cl)cc5)cc4s3)c([N+](=O)[O-])c2)cc1Cl. The topological polar surface area (TPSA) is 138 Å². The van der Waals surface area contributed by atoms with Crippen molar-refractivity contribution in [1.29, 1.82) is 5.26 Å². The van der Waals surface area contributed by atoms with Gasteiger partial charge in [0, 0.05) is 33.0 Å². The van der Waals surface area contributed by atoms with Gasteiger partial charge < -0.3 is 10.6 Å². The molecule has 2 amide bonds. The number of aromatic nitrogens is 1. The normalized spacial score (nSPS) is 11.2. The fourth-order valence-corrected chi connectivity index (χ4v) is 6.42. The van der Waals surface area contributed by atoms with Gasteiger partial charge in [0.05, 0.1) is 20.0 Å². The van der Waals surface area contributed by atoms with Gasteiger partial charge in [-0.3, -0.25) is 19.7 Å². The van der Waals surface area contributed by atoms with Crippen molar-refractivity contribution in [2.45, 2.75) is 16.2 Å². The van der Waals surface area contributed by atoms with Crippen molar-refractivity contribution >= 4 is 91.5 Å². The van der Waals surface area contributed by atoms with Crippen molar-refractivity contribution in [3.63, 3.8) is 0 Å². The van der Waals surface area contributed by atoms with E-state index < -0.39 is 10.8 Å².